The summed E-state index contributed by atoms with van der Waals surface area (Å²) in [6.45, 7) is 7.45. The van der Waals surface area contributed by atoms with Gasteiger partial charge in [-0.2, -0.15) is 0 Å². The monoisotopic (exact) mass is 424 g/mol. The lowest BCUT2D eigenvalue weighted by molar-refractivity contribution is -0.118. The lowest BCUT2D eigenvalue weighted by Gasteiger charge is -2.40. The summed E-state index contributed by atoms with van der Waals surface area (Å²) in [4.78, 5) is 14.7. The molecule has 0 aliphatic carbocycles. The number of anilines is 1. The largest absolute Gasteiger partial charge is 0.489 e. The molecule has 0 unspecified atom stereocenters. The van der Waals surface area contributed by atoms with Crippen molar-refractivity contribution in [3.05, 3.63) is 101 Å². The summed E-state index contributed by atoms with van der Waals surface area (Å²) in [7, 11) is 0. The number of hydrogen-bond acceptors (Lipinski definition) is 3. The quantitative estimate of drug-likeness (QED) is 0.611. The Balaban J connectivity index is 1.39. The molecule has 162 valence electrons. The Kier molecular flexibility index (Phi) is 4.81. The molecular formula is C28H28N2O2. The van der Waals surface area contributed by atoms with Gasteiger partial charge in [-0.1, -0.05) is 80.1 Å². The molecule has 2 aliphatic rings. The number of benzene rings is 3. The highest BCUT2D eigenvalue weighted by molar-refractivity contribution is 5.91. The third-order valence-electron chi connectivity index (χ3n) is 6.77. The number of rotatable bonds is 5. The Bertz CT molecular complexity index is 1180. The maximum absolute atomic E-state index is 12.5. The first-order valence-electron chi connectivity index (χ1n) is 11.0. The van der Waals surface area contributed by atoms with Crippen molar-refractivity contribution in [3.8, 4) is 5.75 Å². The number of carbonyl (C=O) groups excluding carboxylic acids is 1. The number of ether oxygens (including phenoxy) is 1. The van der Waals surface area contributed by atoms with Gasteiger partial charge in [-0.05, 0) is 47.9 Å². The second-order valence-electron chi connectivity index (χ2n) is 9.22. The van der Waals surface area contributed by atoms with Crippen molar-refractivity contribution in [2.24, 2.45) is 0 Å². The van der Waals surface area contributed by atoms with Gasteiger partial charge in [-0.15, -0.1) is 0 Å². The summed E-state index contributed by atoms with van der Waals surface area (Å²) in [6.07, 6.45) is 4.24. The third kappa shape index (κ3) is 3.27. The van der Waals surface area contributed by atoms with Crippen molar-refractivity contribution in [3.63, 3.8) is 0 Å². The molecule has 0 aromatic heterocycles. The first kappa shape index (κ1) is 20.4. The Labute approximate surface area is 189 Å². The van der Waals surface area contributed by atoms with E-state index in [-0.39, 0.29) is 11.3 Å². The van der Waals surface area contributed by atoms with E-state index < -0.39 is 5.66 Å². The number of carbonyl (C=O) groups is 1. The van der Waals surface area contributed by atoms with E-state index in [1.165, 1.54) is 11.1 Å². The number of hydrogen-bond donors (Lipinski definition) is 1. The SMILES string of the molecule is Cc1ccc2c(c1)C(C)(C)[C@]1(/C=C/c3ccc(OCc4ccccc4)cc3)NC(=O)CN21. The smallest absolute Gasteiger partial charge is 0.241 e. The molecule has 2 heterocycles. The van der Waals surface area contributed by atoms with Crippen LogP contribution in [0.15, 0.2) is 78.9 Å². The maximum Gasteiger partial charge on any atom is 0.241 e. The first-order valence-corrected chi connectivity index (χ1v) is 11.0. The van der Waals surface area contributed by atoms with Gasteiger partial charge in [0.2, 0.25) is 5.91 Å². The van der Waals surface area contributed by atoms with Crippen molar-refractivity contribution in [2.75, 3.05) is 11.4 Å². The molecule has 0 bridgehead atoms. The highest BCUT2D eigenvalue weighted by atomic mass is 16.5. The van der Waals surface area contributed by atoms with Gasteiger partial charge in [0.05, 0.1) is 6.54 Å². The standard InChI is InChI=1S/C28H28N2O2/c1-20-9-14-25-24(17-20)27(2,3)28(29-26(31)18-30(25)28)16-15-21-10-12-23(13-11-21)32-19-22-7-5-4-6-8-22/h4-17H,18-19H2,1-3H3,(H,29,31)/b16-15+/t28-/m1/s1. The van der Waals surface area contributed by atoms with Crippen LogP contribution < -0.4 is 15.0 Å². The van der Waals surface area contributed by atoms with E-state index in [0.717, 1.165) is 22.6 Å². The Morgan fingerprint density at radius 1 is 1.03 bits per heavy atom. The Morgan fingerprint density at radius 2 is 1.78 bits per heavy atom. The van der Waals surface area contributed by atoms with Crippen LogP contribution >= 0.6 is 0 Å². The highest BCUT2D eigenvalue weighted by Gasteiger charge is 2.59. The zero-order valence-corrected chi connectivity index (χ0v) is 18.8. The van der Waals surface area contributed by atoms with Gasteiger partial charge in [0.1, 0.15) is 18.0 Å². The second kappa shape index (κ2) is 7.56. The van der Waals surface area contributed by atoms with E-state index in [0.29, 0.717) is 13.2 Å². The third-order valence-corrected chi connectivity index (χ3v) is 6.77. The molecule has 0 saturated carbocycles. The van der Waals surface area contributed by atoms with Crippen LogP contribution in [-0.2, 0) is 16.8 Å². The minimum atomic E-state index is -0.581. The molecule has 1 N–H and O–H groups in total. The van der Waals surface area contributed by atoms with Gasteiger partial charge >= 0.3 is 0 Å². The van der Waals surface area contributed by atoms with Crippen LogP contribution in [0.3, 0.4) is 0 Å². The number of amides is 1. The molecule has 4 nitrogen and oxygen atoms in total. The van der Waals surface area contributed by atoms with Crippen LogP contribution in [0.5, 0.6) is 5.75 Å². The zero-order chi connectivity index (χ0) is 22.3. The molecule has 3 aromatic carbocycles. The van der Waals surface area contributed by atoms with Crippen molar-refractivity contribution in [1.82, 2.24) is 5.32 Å². The van der Waals surface area contributed by atoms with E-state index in [9.17, 15) is 4.79 Å². The number of nitrogens with zero attached hydrogens (tertiary/aromatic N) is 1. The fourth-order valence-electron chi connectivity index (χ4n) is 4.92. The molecule has 1 fully saturated rings. The van der Waals surface area contributed by atoms with E-state index in [2.05, 4.69) is 73.5 Å². The van der Waals surface area contributed by atoms with Gasteiger partial charge < -0.3 is 15.0 Å². The predicted molar refractivity (Wildman–Crippen MR) is 129 cm³/mol. The van der Waals surface area contributed by atoms with Crippen molar-refractivity contribution < 1.29 is 9.53 Å². The van der Waals surface area contributed by atoms with Crippen LogP contribution in [0, 0.1) is 6.92 Å². The fraction of sp³-hybridized carbons (Fsp3) is 0.250. The molecule has 1 amide bonds. The number of fused-ring (bicyclic) bond motifs is 3. The molecule has 1 saturated heterocycles. The van der Waals surface area contributed by atoms with Crippen LogP contribution in [0.2, 0.25) is 0 Å². The summed E-state index contributed by atoms with van der Waals surface area (Å²) < 4.78 is 5.90. The van der Waals surface area contributed by atoms with E-state index in [1.54, 1.807) is 0 Å². The molecule has 0 radical (unpaired) electrons. The first-order chi connectivity index (χ1) is 15.4. The molecule has 3 aromatic rings. The second-order valence-corrected chi connectivity index (χ2v) is 9.22. The van der Waals surface area contributed by atoms with Crippen LogP contribution in [0.4, 0.5) is 5.69 Å². The van der Waals surface area contributed by atoms with Gasteiger partial charge in [-0.25, -0.2) is 0 Å². The van der Waals surface area contributed by atoms with Gasteiger partial charge in [0.25, 0.3) is 0 Å². The molecule has 2 aliphatic heterocycles. The van der Waals surface area contributed by atoms with Crippen LogP contribution in [0.25, 0.3) is 6.08 Å². The van der Waals surface area contributed by atoms with Crippen LogP contribution in [-0.4, -0.2) is 18.1 Å². The van der Waals surface area contributed by atoms with E-state index in [1.807, 2.05) is 42.5 Å². The molecular weight excluding hydrogens is 396 g/mol. The average Bonchev–Trinajstić information content (AvgIpc) is 3.22. The minimum absolute atomic E-state index is 0.0543. The maximum atomic E-state index is 12.5. The predicted octanol–water partition coefficient (Wildman–Crippen LogP) is 5.21. The highest BCUT2D eigenvalue weighted by Crippen LogP contribution is 2.53. The van der Waals surface area contributed by atoms with Gasteiger partial charge in [0, 0.05) is 11.1 Å². The van der Waals surface area contributed by atoms with Gasteiger partial charge in [-0.3, -0.25) is 4.79 Å². The van der Waals surface area contributed by atoms with Gasteiger partial charge in [0.15, 0.2) is 0 Å². The molecule has 1 atom stereocenters. The average molecular weight is 425 g/mol. The summed E-state index contributed by atoms with van der Waals surface area (Å²) in [5, 5.41) is 3.28. The van der Waals surface area contributed by atoms with Crippen molar-refractivity contribution in [1.29, 1.82) is 0 Å². The van der Waals surface area contributed by atoms with E-state index in [4.69, 9.17) is 4.74 Å². The van der Waals surface area contributed by atoms with E-state index >= 15 is 0 Å². The van der Waals surface area contributed by atoms with Crippen LogP contribution in [0.1, 0.15) is 36.1 Å². The molecule has 5 rings (SSSR count). The summed E-state index contributed by atoms with van der Waals surface area (Å²) in [5.74, 6) is 0.891. The lowest BCUT2D eigenvalue weighted by atomic mass is 9.75. The number of aryl methyl sites for hydroxylation is 1. The molecule has 32 heavy (non-hydrogen) atoms. The summed E-state index contributed by atoms with van der Waals surface area (Å²) >= 11 is 0. The van der Waals surface area contributed by atoms with Crippen molar-refractivity contribution in [2.45, 2.75) is 38.5 Å². The number of nitrogens with one attached hydrogen (secondary N) is 1. The zero-order valence-electron chi connectivity index (χ0n) is 18.8. The Hall–Kier alpha value is -3.53. The Morgan fingerprint density at radius 3 is 2.53 bits per heavy atom. The summed E-state index contributed by atoms with van der Waals surface area (Å²) in [6, 6.07) is 24.7. The topological polar surface area (TPSA) is 41.6 Å². The lowest BCUT2D eigenvalue weighted by Crippen LogP contribution is -2.58. The van der Waals surface area contributed by atoms with Crippen molar-refractivity contribution >= 4 is 17.7 Å². The molecule has 0 spiro atoms. The minimum Gasteiger partial charge on any atom is -0.489 e. The normalized spacial score (nSPS) is 20.8. The summed E-state index contributed by atoms with van der Waals surface area (Å²) in [5.41, 5.74) is 4.99. The molecule has 4 heteroatoms. The fourth-order valence-corrected chi connectivity index (χ4v) is 4.92.